The minimum atomic E-state index is -0.482. The van der Waals surface area contributed by atoms with Crippen molar-refractivity contribution in [3.63, 3.8) is 0 Å². The molecule has 4 rings (SSSR count). The van der Waals surface area contributed by atoms with Gasteiger partial charge < -0.3 is 9.47 Å². The molecule has 192 valence electrons. The average Bonchev–Trinajstić information content (AvgIpc) is 3.25. The lowest BCUT2D eigenvalue weighted by molar-refractivity contribution is -0.479. The number of ether oxygens (including phenoxy) is 2. The Hall–Kier alpha value is -3.27. The van der Waals surface area contributed by atoms with E-state index >= 15 is 0 Å². The zero-order valence-electron chi connectivity index (χ0n) is 20.1. The molecule has 8 nitrogen and oxygen atoms in total. The second kappa shape index (κ2) is 12.3. The number of aromatic nitrogens is 3. The number of nitro groups is 1. The molecule has 1 atom stereocenters. The molecule has 11 heteroatoms. The van der Waals surface area contributed by atoms with E-state index in [2.05, 4.69) is 10.2 Å². The highest BCUT2D eigenvalue weighted by atomic mass is 35.5. The van der Waals surface area contributed by atoms with Gasteiger partial charge in [-0.05, 0) is 73.5 Å². The topological polar surface area (TPSA) is 92.3 Å². The van der Waals surface area contributed by atoms with Crippen LogP contribution in [0.25, 0.3) is 5.69 Å². The summed E-state index contributed by atoms with van der Waals surface area (Å²) < 4.78 is 13.3. The van der Waals surface area contributed by atoms with Gasteiger partial charge in [-0.1, -0.05) is 53.2 Å². The Kier molecular flexibility index (Phi) is 8.91. The number of aryl methyl sites for hydroxylation is 1. The molecule has 0 fully saturated rings. The molecule has 37 heavy (non-hydrogen) atoms. The zero-order valence-corrected chi connectivity index (χ0v) is 22.5. The van der Waals surface area contributed by atoms with Gasteiger partial charge in [0.15, 0.2) is 5.16 Å². The standard InChI is InChI=1S/C26H24Cl2N4O4S/c1-3-35-21-11-7-20(8-12-21)32-17(2)29-30-26(32)37-25(15-31(33)34)19-5-9-22(10-6-19)36-16-18-4-13-23(27)24(28)14-18/h4-14,25H,3,15-16H2,1-2H3/t25-/m0/s1. The van der Waals surface area contributed by atoms with E-state index in [0.717, 1.165) is 22.6 Å². The lowest BCUT2D eigenvalue weighted by Crippen LogP contribution is -2.11. The molecule has 0 bridgehead atoms. The van der Waals surface area contributed by atoms with Gasteiger partial charge in [-0.15, -0.1) is 10.2 Å². The summed E-state index contributed by atoms with van der Waals surface area (Å²) in [5.41, 5.74) is 2.51. The monoisotopic (exact) mass is 558 g/mol. The fraction of sp³-hybridized carbons (Fsp3) is 0.231. The van der Waals surface area contributed by atoms with E-state index in [-0.39, 0.29) is 11.5 Å². The van der Waals surface area contributed by atoms with E-state index in [1.165, 1.54) is 11.8 Å². The molecule has 0 aliphatic heterocycles. The highest BCUT2D eigenvalue weighted by molar-refractivity contribution is 7.99. The van der Waals surface area contributed by atoms with Gasteiger partial charge in [0.2, 0.25) is 6.54 Å². The number of benzene rings is 3. The molecule has 0 N–H and O–H groups in total. The Balaban J connectivity index is 1.51. The summed E-state index contributed by atoms with van der Waals surface area (Å²) in [5, 5.41) is 21.0. The maximum absolute atomic E-state index is 11.5. The molecule has 0 amide bonds. The van der Waals surface area contributed by atoms with Crippen LogP contribution in [0, 0.1) is 17.0 Å². The lowest BCUT2D eigenvalue weighted by Gasteiger charge is -2.15. The molecule has 0 spiro atoms. The van der Waals surface area contributed by atoms with Crippen molar-refractivity contribution in [3.8, 4) is 17.2 Å². The maximum atomic E-state index is 11.5. The van der Waals surface area contributed by atoms with Gasteiger partial charge in [0, 0.05) is 10.6 Å². The molecule has 0 aliphatic carbocycles. The first-order valence-electron chi connectivity index (χ1n) is 11.4. The molecule has 0 saturated carbocycles. The maximum Gasteiger partial charge on any atom is 0.220 e. The molecular formula is C26H24Cl2N4O4S. The number of hydrogen-bond acceptors (Lipinski definition) is 7. The van der Waals surface area contributed by atoms with E-state index in [0.29, 0.717) is 40.0 Å². The summed E-state index contributed by atoms with van der Waals surface area (Å²) in [6, 6.07) is 20.1. The predicted molar refractivity (Wildman–Crippen MR) is 145 cm³/mol. The SMILES string of the molecule is CCOc1ccc(-n2c(C)nnc2S[C@@H](C[N+](=O)[O-])c2ccc(OCc3ccc(Cl)c(Cl)c3)cc2)cc1. The average molecular weight is 559 g/mol. The summed E-state index contributed by atoms with van der Waals surface area (Å²) in [4.78, 5) is 11.2. The van der Waals surface area contributed by atoms with Crippen LogP contribution >= 0.6 is 35.0 Å². The summed E-state index contributed by atoms with van der Waals surface area (Å²) in [7, 11) is 0. The van der Waals surface area contributed by atoms with Crippen molar-refractivity contribution < 1.29 is 14.4 Å². The largest absolute Gasteiger partial charge is 0.494 e. The van der Waals surface area contributed by atoms with E-state index in [4.69, 9.17) is 32.7 Å². The van der Waals surface area contributed by atoms with Crippen molar-refractivity contribution >= 4 is 35.0 Å². The van der Waals surface area contributed by atoms with Crippen molar-refractivity contribution in [2.45, 2.75) is 30.9 Å². The molecule has 0 radical (unpaired) electrons. The van der Waals surface area contributed by atoms with E-state index in [9.17, 15) is 10.1 Å². The first-order chi connectivity index (χ1) is 17.8. The summed E-state index contributed by atoms with van der Waals surface area (Å²) in [6.07, 6.45) is 0. The zero-order chi connectivity index (χ0) is 26.4. The van der Waals surface area contributed by atoms with Gasteiger partial charge in [-0.2, -0.15) is 0 Å². The first kappa shape index (κ1) is 26.8. The van der Waals surface area contributed by atoms with Crippen LogP contribution in [-0.2, 0) is 6.61 Å². The van der Waals surface area contributed by atoms with Gasteiger partial charge in [-0.3, -0.25) is 14.7 Å². The molecule has 4 aromatic rings. The van der Waals surface area contributed by atoms with E-state index in [1.807, 2.05) is 60.9 Å². The van der Waals surface area contributed by atoms with Crippen LogP contribution in [0.1, 0.15) is 29.1 Å². The van der Waals surface area contributed by atoms with Crippen LogP contribution in [0.4, 0.5) is 0 Å². The van der Waals surface area contributed by atoms with Crippen molar-refractivity contribution in [1.82, 2.24) is 14.8 Å². The summed E-state index contributed by atoms with van der Waals surface area (Å²) >= 11 is 13.3. The number of halogens is 2. The second-order valence-electron chi connectivity index (χ2n) is 8.02. The molecule has 1 heterocycles. The van der Waals surface area contributed by atoms with Crippen molar-refractivity contribution in [2.75, 3.05) is 13.2 Å². The smallest absolute Gasteiger partial charge is 0.220 e. The van der Waals surface area contributed by atoms with Crippen LogP contribution < -0.4 is 9.47 Å². The molecule has 0 aliphatic rings. The number of rotatable bonds is 11. The molecule has 0 unspecified atom stereocenters. The third kappa shape index (κ3) is 6.94. The van der Waals surface area contributed by atoms with Crippen LogP contribution in [0.15, 0.2) is 71.9 Å². The third-order valence-electron chi connectivity index (χ3n) is 5.41. The van der Waals surface area contributed by atoms with Crippen LogP contribution in [0.3, 0.4) is 0 Å². The van der Waals surface area contributed by atoms with Crippen LogP contribution in [-0.4, -0.2) is 32.8 Å². The molecule has 1 aromatic heterocycles. The van der Waals surface area contributed by atoms with Crippen LogP contribution in [0.5, 0.6) is 11.5 Å². The predicted octanol–water partition coefficient (Wildman–Crippen LogP) is 6.97. The Morgan fingerprint density at radius 1 is 0.973 bits per heavy atom. The molecule has 3 aromatic carbocycles. The quantitative estimate of drug-likeness (QED) is 0.111. The normalized spacial score (nSPS) is 11.8. The summed E-state index contributed by atoms with van der Waals surface area (Å²) in [5.74, 6) is 2.07. The first-order valence-corrected chi connectivity index (χ1v) is 13.1. The highest BCUT2D eigenvalue weighted by Gasteiger charge is 2.24. The lowest BCUT2D eigenvalue weighted by atomic mass is 10.1. The van der Waals surface area contributed by atoms with Crippen molar-refractivity contribution in [2.24, 2.45) is 0 Å². The van der Waals surface area contributed by atoms with E-state index in [1.54, 1.807) is 24.3 Å². The second-order valence-corrected chi connectivity index (χ2v) is 10.0. The minimum absolute atomic E-state index is 0.274. The van der Waals surface area contributed by atoms with Gasteiger partial charge in [-0.25, -0.2) is 0 Å². The third-order valence-corrected chi connectivity index (χ3v) is 7.32. The van der Waals surface area contributed by atoms with Gasteiger partial charge in [0.25, 0.3) is 0 Å². The fourth-order valence-electron chi connectivity index (χ4n) is 3.62. The number of nitrogens with zero attached hydrogens (tertiary/aromatic N) is 4. The Bertz CT molecular complexity index is 1360. The summed E-state index contributed by atoms with van der Waals surface area (Å²) in [6.45, 7) is 4.39. The van der Waals surface area contributed by atoms with Crippen molar-refractivity contribution in [1.29, 1.82) is 0 Å². The van der Waals surface area contributed by atoms with Gasteiger partial charge in [0.1, 0.15) is 29.2 Å². The Morgan fingerprint density at radius 3 is 2.30 bits per heavy atom. The van der Waals surface area contributed by atoms with Gasteiger partial charge in [0.05, 0.1) is 16.7 Å². The number of thioether (sulfide) groups is 1. The van der Waals surface area contributed by atoms with Crippen molar-refractivity contribution in [3.05, 3.63) is 104 Å². The Morgan fingerprint density at radius 2 is 1.65 bits per heavy atom. The van der Waals surface area contributed by atoms with E-state index < -0.39 is 5.25 Å². The number of hydrogen-bond donors (Lipinski definition) is 0. The highest BCUT2D eigenvalue weighted by Crippen LogP contribution is 2.37. The molecular weight excluding hydrogens is 535 g/mol. The Labute approximate surface area is 228 Å². The minimum Gasteiger partial charge on any atom is -0.494 e. The molecule has 0 saturated heterocycles. The fourth-order valence-corrected chi connectivity index (χ4v) is 5.12. The van der Waals surface area contributed by atoms with Crippen LogP contribution in [0.2, 0.25) is 10.0 Å². The van der Waals surface area contributed by atoms with Gasteiger partial charge >= 0.3 is 0 Å².